The Hall–Kier alpha value is -2.35. The Bertz CT molecular complexity index is 726. The van der Waals surface area contributed by atoms with Crippen LogP contribution in [-0.2, 0) is 9.59 Å². The fourth-order valence-electron chi connectivity index (χ4n) is 4.19. The fourth-order valence-corrected chi connectivity index (χ4v) is 4.19. The largest absolute Gasteiger partial charge is 0.327 e. The molecular formula is C21H28N2O3. The first-order valence-electron chi connectivity index (χ1n) is 9.20. The van der Waals surface area contributed by atoms with Crippen LogP contribution in [-0.4, -0.2) is 46.7 Å². The molecule has 26 heavy (non-hydrogen) atoms. The minimum atomic E-state index is -0.894. The second-order valence-electron chi connectivity index (χ2n) is 7.35. The summed E-state index contributed by atoms with van der Waals surface area (Å²) in [4.78, 5) is 41.0. The van der Waals surface area contributed by atoms with E-state index in [4.69, 9.17) is 0 Å². The van der Waals surface area contributed by atoms with E-state index in [0.717, 1.165) is 30.6 Å². The van der Waals surface area contributed by atoms with Crippen LogP contribution in [0.25, 0.3) is 0 Å². The van der Waals surface area contributed by atoms with Gasteiger partial charge in [-0.3, -0.25) is 14.5 Å². The van der Waals surface area contributed by atoms with Gasteiger partial charge in [-0.15, -0.1) is 0 Å². The summed E-state index contributed by atoms with van der Waals surface area (Å²) in [5.41, 5.74) is 4.73. The van der Waals surface area contributed by atoms with Crippen LogP contribution in [0.5, 0.6) is 0 Å². The van der Waals surface area contributed by atoms with E-state index in [2.05, 4.69) is 25.0 Å². The Morgan fingerprint density at radius 3 is 2.58 bits per heavy atom. The van der Waals surface area contributed by atoms with Gasteiger partial charge in [0.1, 0.15) is 5.54 Å². The van der Waals surface area contributed by atoms with Gasteiger partial charge in [-0.05, 0) is 38.2 Å². The molecule has 1 aliphatic carbocycles. The number of ketones is 1. The molecule has 0 aromatic heterocycles. The highest BCUT2D eigenvalue weighted by Crippen LogP contribution is 2.43. The molecule has 0 radical (unpaired) electrons. The van der Waals surface area contributed by atoms with Crippen molar-refractivity contribution in [2.24, 2.45) is 11.8 Å². The van der Waals surface area contributed by atoms with Crippen LogP contribution < -0.4 is 0 Å². The van der Waals surface area contributed by atoms with Gasteiger partial charge >= 0.3 is 6.03 Å². The van der Waals surface area contributed by atoms with Crippen LogP contribution >= 0.6 is 0 Å². The van der Waals surface area contributed by atoms with Gasteiger partial charge in [0.25, 0.3) is 5.91 Å². The Morgan fingerprint density at radius 2 is 2.00 bits per heavy atom. The van der Waals surface area contributed by atoms with E-state index in [1.807, 2.05) is 6.92 Å². The zero-order valence-electron chi connectivity index (χ0n) is 16.2. The van der Waals surface area contributed by atoms with Gasteiger partial charge in [0, 0.05) is 7.05 Å². The van der Waals surface area contributed by atoms with E-state index < -0.39 is 11.6 Å². The molecule has 140 valence electrons. The third-order valence-electron chi connectivity index (χ3n) is 5.88. The lowest BCUT2D eigenvalue weighted by Gasteiger charge is -2.42. The number of carbonyl (C=O) groups is 3. The molecule has 0 aromatic rings. The second kappa shape index (κ2) is 7.90. The van der Waals surface area contributed by atoms with Gasteiger partial charge in [0.15, 0.2) is 5.78 Å². The van der Waals surface area contributed by atoms with E-state index in [9.17, 15) is 14.4 Å². The summed E-state index contributed by atoms with van der Waals surface area (Å²) in [6, 6.07) is -0.415. The van der Waals surface area contributed by atoms with Gasteiger partial charge in [-0.2, -0.15) is 0 Å². The fraction of sp³-hybridized carbons (Fsp3) is 0.571. The quantitative estimate of drug-likeness (QED) is 0.328. The number of carbonyl (C=O) groups excluding carboxylic acids is 3. The first-order valence-corrected chi connectivity index (χ1v) is 9.20. The molecule has 3 amide bonds. The molecule has 5 heteroatoms. The number of hydrogen-bond acceptors (Lipinski definition) is 3. The highest BCUT2D eigenvalue weighted by atomic mass is 16.2. The van der Waals surface area contributed by atoms with Crippen LogP contribution in [0.1, 0.15) is 46.5 Å². The maximum absolute atomic E-state index is 13.2. The molecule has 0 N–H and O–H groups in total. The monoisotopic (exact) mass is 356 g/mol. The van der Waals surface area contributed by atoms with Crippen LogP contribution in [0.15, 0.2) is 35.8 Å². The van der Waals surface area contributed by atoms with Crippen molar-refractivity contribution in [3.63, 3.8) is 0 Å². The molecule has 2 aliphatic rings. The average molecular weight is 356 g/mol. The standard InChI is InChI=1S/C21H28N2O3/c1-6-8-12-16(7-2)18(24)14-23-19(25)21(4,22(5)20(23)26)17-13-10-9-11-15(17)3/h6-7,15,17H,2,9-11,13-14H2,1,3-5H3. The molecule has 1 aliphatic heterocycles. The van der Waals surface area contributed by atoms with Crippen molar-refractivity contribution in [1.29, 1.82) is 0 Å². The molecule has 2 rings (SSSR count). The predicted octanol–water partition coefficient (Wildman–Crippen LogP) is 3.48. The molecule has 0 bridgehead atoms. The smallest absolute Gasteiger partial charge is 0.313 e. The third kappa shape index (κ3) is 3.33. The van der Waals surface area contributed by atoms with Gasteiger partial charge in [-0.25, -0.2) is 4.79 Å². The second-order valence-corrected chi connectivity index (χ2v) is 7.35. The maximum atomic E-state index is 13.2. The first-order chi connectivity index (χ1) is 12.3. The van der Waals surface area contributed by atoms with E-state index in [0.29, 0.717) is 5.92 Å². The van der Waals surface area contributed by atoms with Crippen molar-refractivity contribution < 1.29 is 14.4 Å². The number of allylic oxidation sites excluding steroid dienone is 2. The van der Waals surface area contributed by atoms with Crippen molar-refractivity contribution in [3.8, 4) is 0 Å². The minimum absolute atomic E-state index is 0.107. The van der Waals surface area contributed by atoms with E-state index >= 15 is 0 Å². The molecule has 1 saturated carbocycles. The van der Waals surface area contributed by atoms with Crippen molar-refractivity contribution in [1.82, 2.24) is 9.80 Å². The van der Waals surface area contributed by atoms with E-state index in [1.54, 1.807) is 20.0 Å². The summed E-state index contributed by atoms with van der Waals surface area (Å²) in [5, 5.41) is 0. The molecule has 3 unspecified atom stereocenters. The average Bonchev–Trinajstić information content (AvgIpc) is 2.79. The van der Waals surface area contributed by atoms with Crippen LogP contribution in [0.2, 0.25) is 0 Å². The highest BCUT2D eigenvalue weighted by Gasteiger charge is 2.58. The Kier molecular flexibility index (Phi) is 6.07. The SMILES string of the molecule is C=CC(=C=C=CC)C(=O)CN1C(=O)N(C)C(C)(C2CCCCC2C)C1=O. The number of Topliss-reactive ketones (excluding diaryl/α,β-unsaturated/α-hetero) is 1. The number of nitrogens with zero attached hydrogens (tertiary/aromatic N) is 2. The van der Waals surface area contributed by atoms with Gasteiger partial charge < -0.3 is 4.90 Å². The highest BCUT2D eigenvalue weighted by molar-refractivity contribution is 6.11. The Morgan fingerprint density at radius 1 is 1.35 bits per heavy atom. The molecule has 1 heterocycles. The van der Waals surface area contributed by atoms with Crippen LogP contribution in [0, 0.1) is 11.8 Å². The summed E-state index contributed by atoms with van der Waals surface area (Å²) >= 11 is 0. The van der Waals surface area contributed by atoms with Crippen molar-refractivity contribution in [2.45, 2.75) is 52.0 Å². The number of hydrogen-bond donors (Lipinski definition) is 0. The summed E-state index contributed by atoms with van der Waals surface area (Å²) < 4.78 is 0. The van der Waals surface area contributed by atoms with Crippen LogP contribution in [0.3, 0.4) is 0 Å². The zero-order valence-corrected chi connectivity index (χ0v) is 16.2. The van der Waals surface area contributed by atoms with Crippen LogP contribution in [0.4, 0.5) is 4.79 Å². The van der Waals surface area contributed by atoms with Crippen molar-refractivity contribution >= 4 is 17.7 Å². The molecule has 2 fully saturated rings. The zero-order chi connectivity index (χ0) is 19.5. The normalized spacial score (nSPS) is 28.5. The number of urea groups is 1. The van der Waals surface area contributed by atoms with Crippen molar-refractivity contribution in [3.05, 3.63) is 35.8 Å². The molecule has 3 atom stereocenters. The number of likely N-dealkylation sites (N-methyl/N-ethyl adjacent to an activating group) is 1. The Balaban J connectivity index is 2.31. The number of amides is 3. The summed E-state index contributed by atoms with van der Waals surface area (Å²) in [6.07, 6.45) is 7.20. The summed E-state index contributed by atoms with van der Waals surface area (Å²) in [5.74, 6) is -0.180. The number of imide groups is 1. The minimum Gasteiger partial charge on any atom is -0.313 e. The first kappa shape index (κ1) is 20.0. The molecule has 0 spiro atoms. The van der Waals surface area contributed by atoms with E-state index in [-0.39, 0.29) is 29.7 Å². The predicted molar refractivity (Wildman–Crippen MR) is 100 cm³/mol. The molecule has 5 nitrogen and oxygen atoms in total. The summed E-state index contributed by atoms with van der Waals surface area (Å²) in [7, 11) is 1.66. The lowest BCUT2D eigenvalue weighted by Crippen LogP contribution is -2.54. The number of rotatable bonds is 5. The summed E-state index contributed by atoms with van der Waals surface area (Å²) in [6.45, 7) is 9.06. The lowest BCUT2D eigenvalue weighted by molar-refractivity contribution is -0.138. The van der Waals surface area contributed by atoms with E-state index in [1.165, 1.54) is 11.0 Å². The van der Waals surface area contributed by atoms with Gasteiger partial charge in [0.2, 0.25) is 0 Å². The van der Waals surface area contributed by atoms with Gasteiger partial charge in [-0.1, -0.05) is 50.3 Å². The Labute approximate surface area is 155 Å². The maximum Gasteiger partial charge on any atom is 0.327 e. The molecular weight excluding hydrogens is 328 g/mol. The van der Waals surface area contributed by atoms with Gasteiger partial charge in [0.05, 0.1) is 12.1 Å². The third-order valence-corrected chi connectivity index (χ3v) is 5.88. The molecule has 1 saturated heterocycles. The van der Waals surface area contributed by atoms with Crippen molar-refractivity contribution in [2.75, 3.05) is 13.6 Å². The molecule has 0 aromatic carbocycles. The topological polar surface area (TPSA) is 57.7 Å². The lowest BCUT2D eigenvalue weighted by atomic mass is 9.69.